The molecule has 1 aliphatic heterocycles. The first-order valence-corrected chi connectivity index (χ1v) is 7.16. The van der Waals surface area contributed by atoms with Crippen LogP contribution in [-0.4, -0.2) is 50.0 Å². The van der Waals surface area contributed by atoms with Crippen LogP contribution >= 0.6 is 0 Å². The molecule has 9 nitrogen and oxygen atoms in total. The molecule has 0 unspecified atom stereocenters. The molecular formula is C14H18N4O5. The Morgan fingerprint density at radius 2 is 2.22 bits per heavy atom. The Morgan fingerprint density at radius 1 is 1.43 bits per heavy atom. The standard InChI is InChI=1S/C14H18N4O5/c1-15-5-2-6-16-13(19)8-17-11-7-10(18(21)22)3-4-12(11)23-9-14(17)20/h3-4,7,15H,2,5-6,8-9H2,1H3,(H,16,19). The third-order valence-corrected chi connectivity index (χ3v) is 3.32. The Bertz CT molecular complexity index is 619. The number of carbonyl (C=O) groups is 2. The predicted octanol–water partition coefficient (Wildman–Crippen LogP) is 0.0459. The van der Waals surface area contributed by atoms with Gasteiger partial charge in [0, 0.05) is 18.7 Å². The maximum absolute atomic E-state index is 12.0. The number of benzene rings is 1. The molecule has 9 heteroatoms. The average Bonchev–Trinajstić information content (AvgIpc) is 2.53. The number of rotatable bonds is 7. The van der Waals surface area contributed by atoms with Crippen molar-refractivity contribution in [2.75, 3.05) is 38.2 Å². The molecular weight excluding hydrogens is 304 g/mol. The Morgan fingerprint density at radius 3 is 2.91 bits per heavy atom. The second-order valence-corrected chi connectivity index (χ2v) is 4.98. The van der Waals surface area contributed by atoms with Crippen molar-refractivity contribution in [3.63, 3.8) is 0 Å². The highest BCUT2D eigenvalue weighted by atomic mass is 16.6. The average molecular weight is 322 g/mol. The van der Waals surface area contributed by atoms with E-state index in [9.17, 15) is 19.7 Å². The van der Waals surface area contributed by atoms with Crippen LogP contribution in [0, 0.1) is 10.1 Å². The molecule has 23 heavy (non-hydrogen) atoms. The maximum atomic E-state index is 12.0. The number of nitro benzene ring substituents is 1. The van der Waals surface area contributed by atoms with E-state index in [4.69, 9.17) is 4.74 Å². The second kappa shape index (κ2) is 7.54. The molecule has 124 valence electrons. The number of nitrogens with zero attached hydrogens (tertiary/aromatic N) is 2. The van der Waals surface area contributed by atoms with Gasteiger partial charge in [0.25, 0.3) is 11.6 Å². The summed E-state index contributed by atoms with van der Waals surface area (Å²) in [5.41, 5.74) is 0.0716. The summed E-state index contributed by atoms with van der Waals surface area (Å²) in [7, 11) is 1.82. The summed E-state index contributed by atoms with van der Waals surface area (Å²) < 4.78 is 5.24. The first kappa shape index (κ1) is 16.7. The Kier molecular flexibility index (Phi) is 5.47. The van der Waals surface area contributed by atoms with Crippen LogP contribution in [0.1, 0.15) is 6.42 Å². The fraction of sp³-hybridized carbons (Fsp3) is 0.429. The lowest BCUT2D eigenvalue weighted by molar-refractivity contribution is -0.384. The monoisotopic (exact) mass is 322 g/mol. The molecule has 2 amide bonds. The van der Waals surface area contributed by atoms with Crippen LogP contribution in [0.15, 0.2) is 18.2 Å². The Balaban J connectivity index is 2.09. The van der Waals surface area contributed by atoms with Gasteiger partial charge >= 0.3 is 0 Å². The van der Waals surface area contributed by atoms with Crippen molar-refractivity contribution >= 4 is 23.2 Å². The van der Waals surface area contributed by atoms with Crippen LogP contribution in [0.2, 0.25) is 0 Å². The summed E-state index contributed by atoms with van der Waals surface area (Å²) in [6.45, 7) is 0.861. The van der Waals surface area contributed by atoms with Crippen LogP contribution < -0.4 is 20.3 Å². The molecule has 0 saturated carbocycles. The highest BCUT2D eigenvalue weighted by Gasteiger charge is 2.29. The molecule has 0 spiro atoms. The number of ether oxygens (including phenoxy) is 1. The molecule has 0 atom stereocenters. The summed E-state index contributed by atoms with van der Waals surface area (Å²) in [5, 5.41) is 16.5. The molecule has 1 heterocycles. The van der Waals surface area contributed by atoms with Gasteiger partial charge in [-0.25, -0.2) is 0 Å². The normalized spacial score (nSPS) is 13.3. The first-order valence-electron chi connectivity index (χ1n) is 7.16. The fourth-order valence-corrected chi connectivity index (χ4v) is 2.17. The van der Waals surface area contributed by atoms with Crippen molar-refractivity contribution in [3.05, 3.63) is 28.3 Å². The second-order valence-electron chi connectivity index (χ2n) is 4.98. The third kappa shape index (κ3) is 4.16. The van der Waals surface area contributed by atoms with Gasteiger partial charge in [-0.1, -0.05) is 0 Å². The zero-order valence-corrected chi connectivity index (χ0v) is 12.7. The maximum Gasteiger partial charge on any atom is 0.271 e. The van der Waals surface area contributed by atoms with Crippen molar-refractivity contribution in [3.8, 4) is 5.75 Å². The number of amides is 2. The van der Waals surface area contributed by atoms with Gasteiger partial charge in [-0.2, -0.15) is 0 Å². The largest absolute Gasteiger partial charge is 0.482 e. The van der Waals surface area contributed by atoms with Crippen LogP contribution in [0.4, 0.5) is 11.4 Å². The zero-order chi connectivity index (χ0) is 16.8. The number of fused-ring (bicyclic) bond motifs is 1. The lowest BCUT2D eigenvalue weighted by Gasteiger charge is -2.28. The van der Waals surface area contributed by atoms with Crippen LogP contribution in [0.25, 0.3) is 0 Å². The van der Waals surface area contributed by atoms with Crippen molar-refractivity contribution in [2.45, 2.75) is 6.42 Å². The number of carbonyl (C=O) groups excluding carboxylic acids is 2. The lowest BCUT2D eigenvalue weighted by atomic mass is 10.2. The molecule has 0 saturated heterocycles. The minimum absolute atomic E-state index is 0.165. The number of nitrogens with one attached hydrogen (secondary N) is 2. The van der Waals surface area contributed by atoms with Crippen molar-refractivity contribution < 1.29 is 19.2 Å². The van der Waals surface area contributed by atoms with E-state index >= 15 is 0 Å². The van der Waals surface area contributed by atoms with Gasteiger partial charge in [0.15, 0.2) is 6.61 Å². The highest BCUT2D eigenvalue weighted by Crippen LogP contribution is 2.34. The minimum Gasteiger partial charge on any atom is -0.482 e. The van der Waals surface area contributed by atoms with Gasteiger partial charge in [-0.3, -0.25) is 24.6 Å². The van der Waals surface area contributed by atoms with Gasteiger partial charge in [0.2, 0.25) is 5.91 Å². The number of non-ortho nitro benzene ring substituents is 1. The summed E-state index contributed by atoms with van der Waals surface area (Å²) in [5.74, 6) is -0.393. The van der Waals surface area contributed by atoms with Gasteiger partial charge < -0.3 is 15.4 Å². The molecule has 0 aromatic heterocycles. The van der Waals surface area contributed by atoms with E-state index in [-0.39, 0.29) is 30.4 Å². The quantitative estimate of drug-likeness (QED) is 0.416. The zero-order valence-electron chi connectivity index (χ0n) is 12.7. The van der Waals surface area contributed by atoms with Crippen LogP contribution in [0.3, 0.4) is 0 Å². The number of hydrogen-bond donors (Lipinski definition) is 2. The molecule has 2 N–H and O–H groups in total. The van der Waals surface area contributed by atoms with Gasteiger partial charge in [-0.05, 0) is 26.1 Å². The van der Waals surface area contributed by atoms with Crippen molar-refractivity contribution in [1.29, 1.82) is 0 Å². The molecule has 1 aliphatic rings. The molecule has 0 fully saturated rings. The van der Waals surface area contributed by atoms with E-state index in [1.54, 1.807) is 0 Å². The topological polar surface area (TPSA) is 114 Å². The summed E-state index contributed by atoms with van der Waals surface area (Å²) in [6, 6.07) is 3.96. The number of hydrogen-bond acceptors (Lipinski definition) is 6. The van der Waals surface area contributed by atoms with Crippen molar-refractivity contribution in [1.82, 2.24) is 10.6 Å². The van der Waals surface area contributed by atoms with E-state index in [1.807, 2.05) is 7.05 Å². The van der Waals surface area contributed by atoms with Gasteiger partial charge in [0.1, 0.15) is 12.3 Å². The molecule has 1 aromatic rings. The highest BCUT2D eigenvalue weighted by molar-refractivity contribution is 6.02. The van der Waals surface area contributed by atoms with E-state index in [2.05, 4.69) is 10.6 Å². The minimum atomic E-state index is -0.560. The number of nitro groups is 1. The summed E-state index contributed by atoms with van der Waals surface area (Å²) in [4.78, 5) is 35.5. The van der Waals surface area contributed by atoms with E-state index in [0.717, 1.165) is 13.0 Å². The summed E-state index contributed by atoms with van der Waals surface area (Å²) >= 11 is 0. The number of anilines is 1. The molecule has 2 rings (SSSR count). The Hall–Kier alpha value is -2.68. The predicted molar refractivity (Wildman–Crippen MR) is 82.5 cm³/mol. The van der Waals surface area contributed by atoms with Gasteiger partial charge in [-0.15, -0.1) is 0 Å². The molecule has 0 aliphatic carbocycles. The SMILES string of the molecule is CNCCCNC(=O)CN1C(=O)COc2ccc([N+](=O)[O-])cc21. The van der Waals surface area contributed by atoms with Crippen LogP contribution in [-0.2, 0) is 9.59 Å². The molecule has 0 radical (unpaired) electrons. The van der Waals surface area contributed by atoms with E-state index in [0.29, 0.717) is 12.3 Å². The third-order valence-electron chi connectivity index (χ3n) is 3.32. The van der Waals surface area contributed by atoms with Crippen LogP contribution in [0.5, 0.6) is 5.75 Å². The smallest absolute Gasteiger partial charge is 0.271 e. The first-order chi connectivity index (χ1) is 11.0. The lowest BCUT2D eigenvalue weighted by Crippen LogP contribution is -2.45. The van der Waals surface area contributed by atoms with Gasteiger partial charge in [0.05, 0.1) is 10.6 Å². The summed E-state index contributed by atoms with van der Waals surface area (Å²) in [6.07, 6.45) is 0.765. The van der Waals surface area contributed by atoms with E-state index < -0.39 is 10.8 Å². The van der Waals surface area contributed by atoms with E-state index in [1.165, 1.54) is 23.1 Å². The Labute approximate surface area is 132 Å². The van der Waals surface area contributed by atoms with Crippen molar-refractivity contribution in [2.24, 2.45) is 0 Å². The molecule has 0 bridgehead atoms. The molecule has 1 aromatic carbocycles. The fourth-order valence-electron chi connectivity index (χ4n) is 2.17.